The van der Waals surface area contributed by atoms with Crippen LogP contribution in [0.2, 0.25) is 0 Å². The molecule has 0 aliphatic rings. The minimum absolute atomic E-state index is 0.200. The van der Waals surface area contributed by atoms with Crippen LogP contribution in [0.25, 0.3) is 0 Å². The third kappa shape index (κ3) is 6.04. The highest BCUT2D eigenvalue weighted by molar-refractivity contribution is 5.84. The van der Waals surface area contributed by atoms with E-state index in [1.165, 1.54) is 0 Å². The van der Waals surface area contributed by atoms with E-state index >= 15 is 0 Å². The van der Waals surface area contributed by atoms with E-state index in [9.17, 15) is 9.90 Å². The lowest BCUT2D eigenvalue weighted by molar-refractivity contribution is -0.125. The molecular formula is C18H32O2. The summed E-state index contributed by atoms with van der Waals surface area (Å²) in [4.78, 5) is 11.8. The Balaban J connectivity index is 4.63. The Morgan fingerprint density at radius 3 is 2.05 bits per heavy atom. The van der Waals surface area contributed by atoms with E-state index in [-0.39, 0.29) is 16.6 Å². The van der Waals surface area contributed by atoms with E-state index in [4.69, 9.17) is 0 Å². The van der Waals surface area contributed by atoms with Gasteiger partial charge in [0.05, 0.1) is 5.60 Å². The van der Waals surface area contributed by atoms with Crippen LogP contribution in [0.4, 0.5) is 0 Å². The van der Waals surface area contributed by atoms with Crippen LogP contribution < -0.4 is 0 Å². The highest BCUT2D eigenvalue weighted by Crippen LogP contribution is 2.37. The maximum Gasteiger partial charge on any atom is 0.141 e. The number of rotatable bonds is 7. The maximum absolute atomic E-state index is 11.8. The second kappa shape index (κ2) is 7.21. The van der Waals surface area contributed by atoms with Gasteiger partial charge in [-0.25, -0.2) is 0 Å². The van der Waals surface area contributed by atoms with Crippen LogP contribution in [0.1, 0.15) is 67.2 Å². The molecule has 0 saturated carbocycles. The fraction of sp³-hybridized carbons (Fsp3) is 0.722. The molecule has 2 heteroatoms. The zero-order chi connectivity index (χ0) is 16.0. The highest BCUT2D eigenvalue weighted by Gasteiger charge is 2.37. The molecule has 0 aliphatic heterocycles. The Kier molecular flexibility index (Phi) is 6.89. The van der Waals surface area contributed by atoms with Crippen LogP contribution in [-0.4, -0.2) is 16.5 Å². The van der Waals surface area contributed by atoms with Gasteiger partial charge in [0.25, 0.3) is 0 Å². The summed E-state index contributed by atoms with van der Waals surface area (Å²) in [5.74, 6) is 0.221. The Morgan fingerprint density at radius 1 is 1.10 bits per heavy atom. The topological polar surface area (TPSA) is 37.3 Å². The molecule has 0 fully saturated rings. The van der Waals surface area contributed by atoms with Gasteiger partial charge in [-0.05, 0) is 24.7 Å². The molecule has 0 aromatic rings. The van der Waals surface area contributed by atoms with Gasteiger partial charge < -0.3 is 5.11 Å². The molecule has 20 heavy (non-hydrogen) atoms. The number of allylic oxidation sites excluding steroid dienone is 2. The zero-order valence-corrected chi connectivity index (χ0v) is 14.1. The van der Waals surface area contributed by atoms with Crippen molar-refractivity contribution in [2.75, 3.05) is 0 Å². The number of carbonyl (C=O) groups excluding carboxylic acids is 1. The lowest BCUT2D eigenvalue weighted by Gasteiger charge is -2.40. The number of ketones is 1. The fourth-order valence-electron chi connectivity index (χ4n) is 1.90. The number of aliphatic hydroxyl groups is 1. The predicted molar refractivity (Wildman–Crippen MR) is 86.7 cm³/mol. The van der Waals surface area contributed by atoms with Crippen LogP contribution in [0, 0.1) is 10.8 Å². The first kappa shape index (κ1) is 19.1. The van der Waals surface area contributed by atoms with Gasteiger partial charge in [0.2, 0.25) is 0 Å². The standard InChI is InChI=1S/C18H32O2/c1-8-9-13-18(20,17(5,6)7)14-11-10-12-15(19)16(2,3)4/h8,10-11,20H,1,9,12-14H2,2-7H3/b11-10+. The van der Waals surface area contributed by atoms with Crippen LogP contribution in [0.5, 0.6) is 0 Å². The van der Waals surface area contributed by atoms with E-state index in [2.05, 4.69) is 6.58 Å². The van der Waals surface area contributed by atoms with Gasteiger partial charge in [-0.2, -0.15) is 0 Å². The van der Waals surface area contributed by atoms with Gasteiger partial charge in [-0.1, -0.05) is 59.8 Å². The molecule has 0 radical (unpaired) electrons. The van der Waals surface area contributed by atoms with E-state index in [0.717, 1.165) is 6.42 Å². The lowest BCUT2D eigenvalue weighted by Crippen LogP contribution is -2.42. The predicted octanol–water partition coefficient (Wildman–Crippen LogP) is 4.68. The lowest BCUT2D eigenvalue weighted by atomic mass is 9.72. The van der Waals surface area contributed by atoms with E-state index in [1.807, 2.05) is 59.8 Å². The summed E-state index contributed by atoms with van der Waals surface area (Å²) < 4.78 is 0. The number of Topliss-reactive ketones (excluding diaryl/α,β-unsaturated/α-hetero) is 1. The molecular weight excluding hydrogens is 248 g/mol. The third-order valence-corrected chi connectivity index (χ3v) is 3.92. The normalized spacial score (nSPS) is 16.1. The molecule has 116 valence electrons. The first-order chi connectivity index (χ1) is 8.94. The largest absolute Gasteiger partial charge is 0.389 e. The van der Waals surface area contributed by atoms with Crippen LogP contribution in [0.15, 0.2) is 24.8 Å². The summed E-state index contributed by atoms with van der Waals surface area (Å²) in [6, 6.07) is 0. The Hall–Kier alpha value is -0.890. The van der Waals surface area contributed by atoms with Gasteiger partial charge in [-0.15, -0.1) is 6.58 Å². The van der Waals surface area contributed by atoms with Crippen molar-refractivity contribution in [3.8, 4) is 0 Å². The summed E-state index contributed by atoms with van der Waals surface area (Å²) in [6.07, 6.45) is 8.16. The minimum atomic E-state index is -0.761. The molecule has 0 spiro atoms. The van der Waals surface area contributed by atoms with E-state index in [1.54, 1.807) is 0 Å². The molecule has 0 bridgehead atoms. The number of carbonyl (C=O) groups is 1. The van der Waals surface area contributed by atoms with Crippen LogP contribution in [0.3, 0.4) is 0 Å². The molecule has 1 N–H and O–H groups in total. The van der Waals surface area contributed by atoms with Crippen molar-refractivity contribution < 1.29 is 9.90 Å². The highest BCUT2D eigenvalue weighted by atomic mass is 16.3. The minimum Gasteiger partial charge on any atom is -0.389 e. The first-order valence-corrected chi connectivity index (χ1v) is 7.45. The summed E-state index contributed by atoms with van der Waals surface area (Å²) in [5.41, 5.74) is -1.26. The van der Waals surface area contributed by atoms with Gasteiger partial charge in [0.15, 0.2) is 0 Å². The van der Waals surface area contributed by atoms with Crippen molar-refractivity contribution in [1.29, 1.82) is 0 Å². The molecule has 1 atom stereocenters. The maximum atomic E-state index is 11.8. The smallest absolute Gasteiger partial charge is 0.141 e. The summed E-state index contributed by atoms with van der Waals surface area (Å²) >= 11 is 0. The van der Waals surface area contributed by atoms with Gasteiger partial charge in [0.1, 0.15) is 5.78 Å². The Labute approximate surface area is 125 Å². The SMILES string of the molecule is C=CCCC(O)(C/C=C/CC(=O)C(C)(C)C)C(C)(C)C. The molecule has 0 rings (SSSR count). The Morgan fingerprint density at radius 2 is 1.65 bits per heavy atom. The molecule has 2 nitrogen and oxygen atoms in total. The van der Waals surface area contributed by atoms with Crippen molar-refractivity contribution in [2.45, 2.75) is 72.8 Å². The van der Waals surface area contributed by atoms with E-state index < -0.39 is 5.60 Å². The molecule has 1 unspecified atom stereocenters. The van der Waals surface area contributed by atoms with Gasteiger partial charge >= 0.3 is 0 Å². The van der Waals surface area contributed by atoms with Crippen molar-refractivity contribution in [1.82, 2.24) is 0 Å². The quantitative estimate of drug-likeness (QED) is 0.687. The average Bonchev–Trinajstić information content (AvgIpc) is 2.29. The summed E-state index contributed by atoms with van der Waals surface area (Å²) in [7, 11) is 0. The number of hydrogen-bond donors (Lipinski definition) is 1. The first-order valence-electron chi connectivity index (χ1n) is 7.45. The van der Waals surface area contributed by atoms with Crippen LogP contribution >= 0.6 is 0 Å². The van der Waals surface area contributed by atoms with Crippen molar-refractivity contribution in [2.24, 2.45) is 10.8 Å². The summed E-state index contributed by atoms with van der Waals surface area (Å²) in [6.45, 7) is 15.6. The molecule has 0 saturated heterocycles. The second-order valence-electron chi connectivity index (χ2n) is 7.66. The molecule has 0 aliphatic carbocycles. The fourth-order valence-corrected chi connectivity index (χ4v) is 1.90. The van der Waals surface area contributed by atoms with Gasteiger partial charge in [-0.3, -0.25) is 4.79 Å². The third-order valence-electron chi connectivity index (χ3n) is 3.92. The van der Waals surface area contributed by atoms with Gasteiger partial charge in [0, 0.05) is 11.8 Å². The average molecular weight is 280 g/mol. The molecule has 0 heterocycles. The Bertz CT molecular complexity index is 353. The van der Waals surface area contributed by atoms with Crippen molar-refractivity contribution in [3.63, 3.8) is 0 Å². The number of hydrogen-bond acceptors (Lipinski definition) is 2. The van der Waals surface area contributed by atoms with E-state index in [0.29, 0.717) is 19.3 Å². The second-order valence-corrected chi connectivity index (χ2v) is 7.66. The van der Waals surface area contributed by atoms with Crippen molar-refractivity contribution in [3.05, 3.63) is 24.8 Å². The monoisotopic (exact) mass is 280 g/mol. The van der Waals surface area contributed by atoms with Crippen molar-refractivity contribution >= 4 is 5.78 Å². The zero-order valence-electron chi connectivity index (χ0n) is 14.1. The summed E-state index contributed by atoms with van der Waals surface area (Å²) in [5, 5.41) is 10.8. The molecule has 0 aromatic heterocycles. The van der Waals surface area contributed by atoms with Crippen LogP contribution in [-0.2, 0) is 4.79 Å². The molecule has 0 amide bonds. The molecule has 0 aromatic carbocycles.